The number of nitrogens with zero attached hydrogens (tertiary/aromatic N) is 1. The van der Waals surface area contributed by atoms with Crippen molar-refractivity contribution in [3.8, 4) is 0 Å². The molecule has 0 N–H and O–H groups in total. The zero-order valence-corrected chi connectivity index (χ0v) is 19.8. The zero-order valence-electron chi connectivity index (χ0n) is 18.2. The third kappa shape index (κ3) is 5.35. The third-order valence-electron chi connectivity index (χ3n) is 4.91. The summed E-state index contributed by atoms with van der Waals surface area (Å²) in [4.78, 5) is 13.0. The number of sulfonamides is 1. The van der Waals surface area contributed by atoms with E-state index in [1.54, 1.807) is 31.2 Å². The minimum atomic E-state index is -3.80. The van der Waals surface area contributed by atoms with Crippen molar-refractivity contribution in [1.82, 2.24) is 0 Å². The van der Waals surface area contributed by atoms with E-state index in [9.17, 15) is 13.2 Å². The number of hydrogen-bond donors (Lipinski definition) is 0. The van der Waals surface area contributed by atoms with Crippen molar-refractivity contribution in [1.29, 1.82) is 0 Å². The summed E-state index contributed by atoms with van der Waals surface area (Å²) in [5, 5.41) is 1.94. The molecule has 0 aliphatic carbocycles. The molecule has 0 aliphatic heterocycles. The van der Waals surface area contributed by atoms with Crippen molar-refractivity contribution in [3.05, 3.63) is 81.0 Å². The molecule has 0 saturated carbocycles. The van der Waals surface area contributed by atoms with Crippen LogP contribution in [0.25, 0.3) is 0 Å². The second-order valence-corrected chi connectivity index (χ2v) is 10.3. The second kappa shape index (κ2) is 9.66. The van der Waals surface area contributed by atoms with Crippen molar-refractivity contribution in [3.63, 3.8) is 0 Å². The molecule has 0 saturated heterocycles. The fourth-order valence-corrected chi connectivity index (χ4v) is 6.34. The van der Waals surface area contributed by atoms with Gasteiger partial charge in [0.2, 0.25) is 0 Å². The lowest BCUT2D eigenvalue weighted by Gasteiger charge is -2.26. The van der Waals surface area contributed by atoms with E-state index >= 15 is 0 Å². The molecule has 0 amide bonds. The maximum Gasteiger partial charge on any atom is 0.310 e. The van der Waals surface area contributed by atoms with Gasteiger partial charge in [-0.25, -0.2) is 8.42 Å². The van der Waals surface area contributed by atoms with E-state index in [0.29, 0.717) is 17.2 Å². The van der Waals surface area contributed by atoms with E-state index < -0.39 is 10.0 Å². The van der Waals surface area contributed by atoms with Crippen LogP contribution < -0.4 is 4.31 Å². The van der Waals surface area contributed by atoms with Crippen LogP contribution in [-0.4, -0.2) is 21.0 Å². The Morgan fingerprint density at radius 3 is 2.23 bits per heavy atom. The predicted octanol–water partition coefficient (Wildman–Crippen LogP) is 5.17. The van der Waals surface area contributed by atoms with Crippen molar-refractivity contribution in [2.45, 2.75) is 45.6 Å². The highest BCUT2D eigenvalue weighted by Gasteiger charge is 2.29. The quantitative estimate of drug-likeness (QED) is 0.438. The lowest BCUT2D eigenvalue weighted by atomic mass is 10.1. The van der Waals surface area contributed by atoms with Gasteiger partial charge in [0.15, 0.2) is 0 Å². The molecular weight excluding hydrogens is 430 g/mol. The van der Waals surface area contributed by atoms with Crippen LogP contribution in [0.4, 0.5) is 5.69 Å². The van der Waals surface area contributed by atoms with Gasteiger partial charge in [-0.1, -0.05) is 35.9 Å². The summed E-state index contributed by atoms with van der Waals surface area (Å²) in [6.45, 7) is 7.96. The molecule has 0 atom stereocenters. The first-order valence-electron chi connectivity index (χ1n) is 10.1. The molecule has 1 aromatic heterocycles. The molecule has 3 rings (SSSR count). The van der Waals surface area contributed by atoms with Crippen molar-refractivity contribution >= 4 is 33.0 Å². The highest BCUT2D eigenvalue weighted by Crippen LogP contribution is 2.31. The Bertz CT molecular complexity index is 1130. The van der Waals surface area contributed by atoms with E-state index in [4.69, 9.17) is 4.74 Å². The maximum absolute atomic E-state index is 13.8. The Hall–Kier alpha value is -2.64. The number of thiophene rings is 1. The minimum absolute atomic E-state index is 0.155. The van der Waals surface area contributed by atoms with Gasteiger partial charge in [-0.05, 0) is 68.0 Å². The molecule has 164 valence electrons. The van der Waals surface area contributed by atoms with E-state index in [1.807, 2.05) is 50.4 Å². The number of esters is 1. The van der Waals surface area contributed by atoms with Crippen molar-refractivity contribution in [2.24, 2.45) is 0 Å². The van der Waals surface area contributed by atoms with Gasteiger partial charge in [0, 0.05) is 4.88 Å². The Kier molecular flexibility index (Phi) is 7.18. The first-order valence-corrected chi connectivity index (χ1v) is 12.4. The highest BCUT2D eigenvalue weighted by molar-refractivity contribution is 7.93. The number of rotatable bonds is 8. The summed E-state index contributed by atoms with van der Waals surface area (Å²) in [7, 11) is -3.80. The zero-order chi connectivity index (χ0) is 22.6. The third-order valence-corrected chi connectivity index (χ3v) is 7.85. The molecule has 1 heterocycles. The predicted molar refractivity (Wildman–Crippen MR) is 125 cm³/mol. The van der Waals surface area contributed by atoms with Gasteiger partial charge in [0.25, 0.3) is 10.0 Å². The SMILES string of the molecule is CCOC(=O)Cc1ccc(N(Cc2cccs2)S(=O)(=O)c2c(C)cc(C)cc2C)cc1. The lowest BCUT2D eigenvalue weighted by molar-refractivity contribution is -0.142. The molecular formula is C24H27NO4S2. The summed E-state index contributed by atoms with van der Waals surface area (Å²) >= 11 is 1.52. The van der Waals surface area contributed by atoms with E-state index in [2.05, 4.69) is 0 Å². The molecule has 0 aliphatic rings. The number of hydrogen-bond acceptors (Lipinski definition) is 5. The molecule has 0 fully saturated rings. The van der Waals surface area contributed by atoms with Crippen molar-refractivity contribution in [2.75, 3.05) is 10.9 Å². The molecule has 3 aromatic rings. The smallest absolute Gasteiger partial charge is 0.310 e. The number of benzene rings is 2. The van der Waals surface area contributed by atoms with Crippen LogP contribution in [0.15, 0.2) is 58.8 Å². The molecule has 0 bridgehead atoms. The van der Waals surface area contributed by atoms with Crippen LogP contribution in [0, 0.1) is 20.8 Å². The average Bonchev–Trinajstić information content (AvgIpc) is 3.19. The number of anilines is 1. The lowest BCUT2D eigenvalue weighted by Crippen LogP contribution is -2.31. The Labute approximate surface area is 188 Å². The molecule has 2 aromatic carbocycles. The number of carbonyl (C=O) groups is 1. The van der Waals surface area contributed by atoms with Gasteiger partial charge in [-0.15, -0.1) is 11.3 Å². The van der Waals surface area contributed by atoms with Crippen LogP contribution in [0.5, 0.6) is 0 Å². The van der Waals surface area contributed by atoms with Gasteiger partial charge in [0.05, 0.1) is 30.2 Å². The summed E-state index contributed by atoms with van der Waals surface area (Å²) in [6.07, 6.45) is 0.155. The highest BCUT2D eigenvalue weighted by atomic mass is 32.2. The molecule has 7 heteroatoms. The molecule has 0 radical (unpaired) electrons. The molecule has 0 spiro atoms. The summed E-state index contributed by atoms with van der Waals surface area (Å²) in [5.74, 6) is -0.302. The Morgan fingerprint density at radius 2 is 1.68 bits per heavy atom. The van der Waals surface area contributed by atoms with Crippen LogP contribution in [-0.2, 0) is 32.5 Å². The van der Waals surface area contributed by atoms with E-state index in [-0.39, 0.29) is 18.9 Å². The van der Waals surface area contributed by atoms with Crippen LogP contribution >= 0.6 is 11.3 Å². The average molecular weight is 458 g/mol. The Morgan fingerprint density at radius 1 is 1.03 bits per heavy atom. The first kappa shape index (κ1) is 23.0. The number of ether oxygens (including phenoxy) is 1. The minimum Gasteiger partial charge on any atom is -0.466 e. The van der Waals surface area contributed by atoms with Crippen molar-refractivity contribution < 1.29 is 17.9 Å². The standard InChI is InChI=1S/C24H27NO4S2/c1-5-29-23(26)15-20-8-10-21(11-9-20)25(16-22-7-6-12-30-22)31(27,28)24-18(3)13-17(2)14-19(24)4/h6-14H,5,15-16H2,1-4H3. The topological polar surface area (TPSA) is 63.7 Å². The normalized spacial score (nSPS) is 11.4. The largest absolute Gasteiger partial charge is 0.466 e. The second-order valence-electron chi connectivity index (χ2n) is 7.47. The fraction of sp³-hybridized carbons (Fsp3) is 0.292. The number of aryl methyl sites for hydroxylation is 3. The molecule has 0 unspecified atom stereocenters. The van der Waals surface area contributed by atoms with Crippen LogP contribution in [0.3, 0.4) is 0 Å². The van der Waals surface area contributed by atoms with Gasteiger partial charge in [-0.2, -0.15) is 0 Å². The van der Waals surface area contributed by atoms with E-state index in [1.165, 1.54) is 15.6 Å². The van der Waals surface area contributed by atoms with Gasteiger partial charge in [-0.3, -0.25) is 9.10 Å². The summed E-state index contributed by atoms with van der Waals surface area (Å²) in [5.41, 5.74) is 3.82. The van der Waals surface area contributed by atoms with Gasteiger partial charge < -0.3 is 4.74 Å². The molecule has 5 nitrogen and oxygen atoms in total. The monoisotopic (exact) mass is 457 g/mol. The number of carbonyl (C=O) groups excluding carboxylic acids is 1. The molecule has 31 heavy (non-hydrogen) atoms. The van der Waals surface area contributed by atoms with Gasteiger partial charge in [0.1, 0.15) is 0 Å². The van der Waals surface area contributed by atoms with Crippen LogP contribution in [0.1, 0.15) is 34.1 Å². The fourth-order valence-electron chi connectivity index (χ4n) is 3.70. The summed E-state index contributed by atoms with van der Waals surface area (Å²) in [6, 6.07) is 14.7. The Balaban J connectivity index is 2.02. The van der Waals surface area contributed by atoms with Gasteiger partial charge >= 0.3 is 5.97 Å². The van der Waals surface area contributed by atoms with E-state index in [0.717, 1.165) is 27.1 Å². The first-order chi connectivity index (χ1) is 14.7. The maximum atomic E-state index is 13.8. The summed E-state index contributed by atoms with van der Waals surface area (Å²) < 4.78 is 34.1. The van der Waals surface area contributed by atoms with Crippen LogP contribution in [0.2, 0.25) is 0 Å².